The average Bonchev–Trinajstić information content (AvgIpc) is 2.48. The van der Waals surface area contributed by atoms with E-state index in [1.54, 1.807) is 6.07 Å². The van der Waals surface area contributed by atoms with Gasteiger partial charge in [-0.2, -0.15) is 0 Å². The molecule has 1 aliphatic rings. The van der Waals surface area contributed by atoms with Crippen LogP contribution in [-0.4, -0.2) is 36.0 Å². The molecule has 23 heavy (non-hydrogen) atoms. The molecule has 5 heteroatoms. The van der Waals surface area contributed by atoms with Crippen molar-refractivity contribution in [1.29, 1.82) is 0 Å². The van der Waals surface area contributed by atoms with E-state index in [4.69, 9.17) is 10.5 Å². The molecule has 2 rings (SSSR count). The second-order valence-corrected chi connectivity index (χ2v) is 7.28. The third-order valence-electron chi connectivity index (χ3n) is 4.46. The first-order valence-electron chi connectivity index (χ1n) is 8.15. The van der Waals surface area contributed by atoms with Crippen LogP contribution in [0, 0.1) is 11.2 Å². The van der Waals surface area contributed by atoms with Crippen molar-refractivity contribution in [3.8, 4) is 0 Å². The minimum atomic E-state index is -0.344. The molecule has 1 aliphatic heterocycles. The van der Waals surface area contributed by atoms with Gasteiger partial charge in [0.15, 0.2) is 0 Å². The Hall–Kier alpha value is -1.46. The molecule has 4 nitrogen and oxygen atoms in total. The van der Waals surface area contributed by atoms with Gasteiger partial charge >= 0.3 is 0 Å². The van der Waals surface area contributed by atoms with Gasteiger partial charge in [0.2, 0.25) is 0 Å². The van der Waals surface area contributed by atoms with E-state index in [0.29, 0.717) is 24.2 Å². The number of piperidine rings is 1. The van der Waals surface area contributed by atoms with Crippen molar-refractivity contribution >= 4 is 5.91 Å². The van der Waals surface area contributed by atoms with Crippen molar-refractivity contribution in [2.75, 3.05) is 13.1 Å². The molecule has 1 aromatic rings. The van der Waals surface area contributed by atoms with Crippen molar-refractivity contribution in [3.63, 3.8) is 0 Å². The van der Waals surface area contributed by atoms with Gasteiger partial charge < -0.3 is 15.4 Å². The summed E-state index contributed by atoms with van der Waals surface area (Å²) in [5.74, 6) is -0.418. The van der Waals surface area contributed by atoms with Crippen LogP contribution in [0.2, 0.25) is 0 Å². The monoisotopic (exact) mass is 322 g/mol. The van der Waals surface area contributed by atoms with Crippen LogP contribution >= 0.6 is 0 Å². The average molecular weight is 322 g/mol. The quantitative estimate of drug-likeness (QED) is 0.927. The summed E-state index contributed by atoms with van der Waals surface area (Å²) >= 11 is 0. The number of halogens is 1. The summed E-state index contributed by atoms with van der Waals surface area (Å²) in [5, 5.41) is 0. The van der Waals surface area contributed by atoms with Gasteiger partial charge in [0.05, 0.1) is 12.7 Å². The molecule has 0 bridgehead atoms. The number of nitrogens with two attached hydrogens (primary N) is 1. The van der Waals surface area contributed by atoms with Crippen molar-refractivity contribution in [3.05, 3.63) is 35.1 Å². The second-order valence-electron chi connectivity index (χ2n) is 7.28. The van der Waals surface area contributed by atoms with E-state index in [9.17, 15) is 9.18 Å². The van der Waals surface area contributed by atoms with Crippen LogP contribution in [0.1, 0.15) is 50.0 Å². The Bertz CT molecular complexity index is 572. The molecule has 1 aromatic carbocycles. The van der Waals surface area contributed by atoms with Gasteiger partial charge in [0, 0.05) is 30.3 Å². The molecule has 1 saturated heterocycles. The number of amides is 1. The van der Waals surface area contributed by atoms with E-state index in [0.717, 1.165) is 6.42 Å². The van der Waals surface area contributed by atoms with E-state index in [1.165, 1.54) is 12.1 Å². The SMILES string of the molecule is CC(C)OCc1cc(C(=O)N2CC[C@H](N)C(C)(C)C2)ccc1F. The lowest BCUT2D eigenvalue weighted by atomic mass is 9.79. The number of hydrogen-bond donors (Lipinski definition) is 1. The molecule has 0 aromatic heterocycles. The molecule has 0 radical (unpaired) electrons. The van der Waals surface area contributed by atoms with Crippen molar-refractivity contribution < 1.29 is 13.9 Å². The van der Waals surface area contributed by atoms with Gasteiger partial charge in [-0.05, 0) is 43.9 Å². The highest BCUT2D eigenvalue weighted by Gasteiger charge is 2.35. The number of benzene rings is 1. The number of carbonyl (C=O) groups is 1. The van der Waals surface area contributed by atoms with Crippen molar-refractivity contribution in [1.82, 2.24) is 4.90 Å². The van der Waals surface area contributed by atoms with Gasteiger partial charge in [-0.1, -0.05) is 13.8 Å². The number of ether oxygens (including phenoxy) is 1. The Kier molecular flexibility index (Phi) is 5.42. The van der Waals surface area contributed by atoms with Gasteiger partial charge in [0.25, 0.3) is 5.91 Å². The smallest absolute Gasteiger partial charge is 0.253 e. The van der Waals surface area contributed by atoms with E-state index >= 15 is 0 Å². The Balaban J connectivity index is 2.15. The molecule has 0 unspecified atom stereocenters. The van der Waals surface area contributed by atoms with E-state index < -0.39 is 0 Å². The summed E-state index contributed by atoms with van der Waals surface area (Å²) in [6, 6.07) is 4.57. The van der Waals surface area contributed by atoms with Crippen molar-refractivity contribution in [2.24, 2.45) is 11.1 Å². The first-order valence-corrected chi connectivity index (χ1v) is 8.15. The molecular weight excluding hydrogens is 295 g/mol. The predicted molar refractivity (Wildman–Crippen MR) is 88.6 cm³/mol. The second kappa shape index (κ2) is 6.97. The first kappa shape index (κ1) is 17.9. The summed E-state index contributed by atoms with van der Waals surface area (Å²) in [4.78, 5) is 14.5. The zero-order valence-corrected chi connectivity index (χ0v) is 14.4. The summed E-state index contributed by atoms with van der Waals surface area (Å²) in [7, 11) is 0. The molecule has 1 atom stereocenters. The maximum absolute atomic E-state index is 13.9. The highest BCUT2D eigenvalue weighted by atomic mass is 19.1. The largest absolute Gasteiger partial charge is 0.374 e. The molecule has 0 saturated carbocycles. The number of carbonyl (C=O) groups excluding carboxylic acids is 1. The van der Waals surface area contributed by atoms with E-state index in [1.807, 2.05) is 18.7 Å². The fourth-order valence-corrected chi connectivity index (χ4v) is 2.80. The molecule has 2 N–H and O–H groups in total. The van der Waals surface area contributed by atoms with Crippen LogP contribution in [0.3, 0.4) is 0 Å². The standard InChI is InChI=1S/C18H27FN2O2/c1-12(2)23-10-14-9-13(5-6-15(14)19)17(22)21-8-7-16(20)18(3,4)11-21/h5-6,9,12,16H,7-8,10-11,20H2,1-4H3/t16-/m0/s1. The number of nitrogens with zero attached hydrogens (tertiary/aromatic N) is 1. The van der Waals surface area contributed by atoms with Crippen LogP contribution in [0.5, 0.6) is 0 Å². The maximum atomic E-state index is 13.9. The zero-order valence-electron chi connectivity index (χ0n) is 14.4. The van der Waals surface area contributed by atoms with Gasteiger partial charge in [-0.3, -0.25) is 4.79 Å². The fraction of sp³-hybridized carbons (Fsp3) is 0.611. The van der Waals surface area contributed by atoms with Gasteiger partial charge in [0.1, 0.15) is 5.82 Å². The Morgan fingerprint density at radius 1 is 1.48 bits per heavy atom. The van der Waals surface area contributed by atoms with Gasteiger partial charge in [-0.15, -0.1) is 0 Å². The van der Waals surface area contributed by atoms with Crippen LogP contribution in [0.25, 0.3) is 0 Å². The topological polar surface area (TPSA) is 55.6 Å². The lowest BCUT2D eigenvalue weighted by Crippen LogP contribution is -2.54. The number of rotatable bonds is 4. The first-order chi connectivity index (χ1) is 10.7. The van der Waals surface area contributed by atoms with Crippen LogP contribution in [-0.2, 0) is 11.3 Å². The third-order valence-corrected chi connectivity index (χ3v) is 4.46. The summed E-state index contributed by atoms with van der Waals surface area (Å²) in [6.45, 7) is 9.35. The third kappa shape index (κ3) is 4.30. The van der Waals surface area contributed by atoms with Crippen molar-refractivity contribution in [2.45, 2.75) is 52.9 Å². The maximum Gasteiger partial charge on any atom is 0.253 e. The van der Waals surface area contributed by atoms with Crippen LogP contribution < -0.4 is 5.73 Å². The Labute approximate surface area is 137 Å². The summed E-state index contributed by atoms with van der Waals surface area (Å²) in [6.07, 6.45) is 0.793. The lowest BCUT2D eigenvalue weighted by molar-refractivity contribution is 0.0531. The highest BCUT2D eigenvalue weighted by Crippen LogP contribution is 2.28. The van der Waals surface area contributed by atoms with Crippen LogP contribution in [0.15, 0.2) is 18.2 Å². The Morgan fingerprint density at radius 3 is 2.78 bits per heavy atom. The summed E-state index contributed by atoms with van der Waals surface area (Å²) < 4.78 is 19.3. The molecule has 0 aliphatic carbocycles. The molecule has 1 amide bonds. The normalized spacial score (nSPS) is 20.8. The van der Waals surface area contributed by atoms with E-state index in [-0.39, 0.29) is 35.9 Å². The number of hydrogen-bond acceptors (Lipinski definition) is 3. The molecule has 0 spiro atoms. The van der Waals surface area contributed by atoms with Gasteiger partial charge in [-0.25, -0.2) is 4.39 Å². The Morgan fingerprint density at radius 2 is 2.17 bits per heavy atom. The number of likely N-dealkylation sites (tertiary alicyclic amines) is 1. The summed E-state index contributed by atoms with van der Waals surface area (Å²) in [5.41, 5.74) is 6.92. The highest BCUT2D eigenvalue weighted by molar-refractivity contribution is 5.94. The molecular formula is C18H27FN2O2. The lowest BCUT2D eigenvalue weighted by Gasteiger charge is -2.42. The van der Waals surface area contributed by atoms with E-state index in [2.05, 4.69) is 13.8 Å². The molecule has 128 valence electrons. The molecule has 1 heterocycles. The fourth-order valence-electron chi connectivity index (χ4n) is 2.80. The minimum Gasteiger partial charge on any atom is -0.374 e. The predicted octanol–water partition coefficient (Wildman–Crippen LogP) is 2.95. The molecule has 1 fully saturated rings. The minimum absolute atomic E-state index is 0.0122. The van der Waals surface area contributed by atoms with Crippen LogP contribution in [0.4, 0.5) is 4.39 Å². The zero-order chi connectivity index (χ0) is 17.2.